The topological polar surface area (TPSA) is 8.17 Å². The largest absolute Gasteiger partial charge is 0.310 e. The van der Waals surface area contributed by atoms with E-state index in [2.05, 4.69) is 216 Å². The maximum absolute atomic E-state index is 2.43. The van der Waals surface area contributed by atoms with E-state index in [0.29, 0.717) is 0 Å². The lowest BCUT2D eigenvalue weighted by molar-refractivity contribution is 1.18. The highest BCUT2D eigenvalue weighted by Crippen LogP contribution is 2.47. The molecule has 0 fully saturated rings. The highest BCUT2D eigenvalue weighted by atomic mass is 32.1. The molecule has 0 saturated heterocycles. The van der Waals surface area contributed by atoms with E-state index in [1.54, 1.807) is 0 Å². The van der Waals surface area contributed by atoms with E-state index in [0.717, 1.165) is 22.7 Å². The lowest BCUT2D eigenvalue weighted by atomic mass is 9.95. The van der Waals surface area contributed by atoms with Crippen molar-refractivity contribution in [2.45, 2.75) is 0 Å². The highest BCUT2D eigenvalue weighted by Gasteiger charge is 2.21. The Morgan fingerprint density at radius 1 is 0.400 bits per heavy atom. The van der Waals surface area contributed by atoms with E-state index in [1.165, 1.54) is 75.0 Å². The van der Waals surface area contributed by atoms with Crippen molar-refractivity contribution in [3.05, 3.63) is 206 Å². The standard InChI is InChI=1S/C52H34N2S/c1-3-15-35(16-4-1)41-20-9-12-24-47(41)53(40-31-32-49-45(34-40)43-22-10-13-25-48(43)54(49)38-18-5-2-6-19-38)39-29-27-36(28-30-39)51-42-21-8-7-17-37(42)33-46-44-23-11-14-26-50(44)55-52(46)51/h1-34H. The number of aromatic nitrogens is 1. The number of thiophene rings is 1. The zero-order chi connectivity index (χ0) is 36.3. The van der Waals surface area contributed by atoms with Gasteiger partial charge in [0.05, 0.1) is 16.7 Å². The lowest BCUT2D eigenvalue weighted by Crippen LogP contribution is -2.11. The maximum atomic E-state index is 2.43. The fourth-order valence-corrected chi connectivity index (χ4v) is 9.76. The van der Waals surface area contributed by atoms with Crippen molar-refractivity contribution < 1.29 is 0 Å². The second-order valence-electron chi connectivity index (χ2n) is 14.1. The van der Waals surface area contributed by atoms with Crippen LogP contribution in [0.2, 0.25) is 0 Å². The third-order valence-electron chi connectivity index (χ3n) is 11.0. The number of nitrogens with zero attached hydrogens (tertiary/aromatic N) is 2. The molecule has 0 unspecified atom stereocenters. The van der Waals surface area contributed by atoms with Crippen LogP contribution < -0.4 is 4.90 Å². The first kappa shape index (κ1) is 31.6. The van der Waals surface area contributed by atoms with Gasteiger partial charge in [0.15, 0.2) is 0 Å². The third kappa shape index (κ3) is 5.16. The molecule has 55 heavy (non-hydrogen) atoms. The summed E-state index contributed by atoms with van der Waals surface area (Å²) in [5.74, 6) is 0. The number of rotatable bonds is 6. The van der Waals surface area contributed by atoms with E-state index < -0.39 is 0 Å². The molecule has 0 N–H and O–H groups in total. The number of benzene rings is 9. The Bertz CT molecular complexity index is 3190. The summed E-state index contributed by atoms with van der Waals surface area (Å²) in [6, 6.07) is 75.1. The summed E-state index contributed by atoms with van der Waals surface area (Å²) in [6.45, 7) is 0. The zero-order valence-electron chi connectivity index (χ0n) is 29.9. The molecule has 0 atom stereocenters. The van der Waals surface area contributed by atoms with Gasteiger partial charge in [-0.2, -0.15) is 0 Å². The average Bonchev–Trinajstić information content (AvgIpc) is 3.79. The molecule has 2 aromatic heterocycles. The Morgan fingerprint density at radius 2 is 1.04 bits per heavy atom. The van der Waals surface area contributed by atoms with Crippen molar-refractivity contribution in [3.8, 4) is 27.9 Å². The first-order valence-corrected chi connectivity index (χ1v) is 19.6. The predicted octanol–water partition coefficient (Wildman–Crippen LogP) is 15.1. The maximum Gasteiger partial charge on any atom is 0.0542 e. The summed E-state index contributed by atoms with van der Waals surface area (Å²) >= 11 is 1.89. The molecular formula is C52H34N2S. The van der Waals surface area contributed by atoms with Crippen LogP contribution in [0.3, 0.4) is 0 Å². The van der Waals surface area contributed by atoms with Crippen LogP contribution in [0.1, 0.15) is 0 Å². The molecule has 0 aliphatic rings. The van der Waals surface area contributed by atoms with E-state index in [-0.39, 0.29) is 0 Å². The molecule has 2 heterocycles. The molecule has 0 saturated carbocycles. The van der Waals surface area contributed by atoms with Crippen LogP contribution in [0.5, 0.6) is 0 Å². The molecule has 258 valence electrons. The molecule has 0 radical (unpaired) electrons. The fourth-order valence-electron chi connectivity index (χ4n) is 8.50. The van der Waals surface area contributed by atoms with Crippen molar-refractivity contribution in [3.63, 3.8) is 0 Å². The quantitative estimate of drug-likeness (QED) is 0.166. The second-order valence-corrected chi connectivity index (χ2v) is 15.2. The summed E-state index contributed by atoms with van der Waals surface area (Å²) in [5, 5.41) is 7.63. The molecule has 9 aromatic carbocycles. The first-order valence-electron chi connectivity index (χ1n) is 18.8. The van der Waals surface area contributed by atoms with E-state index in [1.807, 2.05) is 11.3 Å². The Kier molecular flexibility index (Phi) is 7.39. The van der Waals surface area contributed by atoms with Crippen LogP contribution in [0.15, 0.2) is 206 Å². The van der Waals surface area contributed by atoms with Gasteiger partial charge in [-0.25, -0.2) is 0 Å². The van der Waals surface area contributed by atoms with Gasteiger partial charge in [0.2, 0.25) is 0 Å². The van der Waals surface area contributed by atoms with Gasteiger partial charge in [0.1, 0.15) is 0 Å². The first-order chi connectivity index (χ1) is 27.3. The Hall–Kier alpha value is -6.94. The molecule has 0 bridgehead atoms. The summed E-state index contributed by atoms with van der Waals surface area (Å²) in [6.07, 6.45) is 0. The summed E-state index contributed by atoms with van der Waals surface area (Å²) in [4.78, 5) is 2.43. The molecule has 3 heteroatoms. The summed E-state index contributed by atoms with van der Waals surface area (Å²) in [7, 11) is 0. The van der Waals surface area contributed by atoms with Crippen molar-refractivity contribution in [2.24, 2.45) is 0 Å². The number of para-hydroxylation sites is 3. The smallest absolute Gasteiger partial charge is 0.0542 e. The second kappa shape index (κ2) is 12.9. The number of hydrogen-bond acceptors (Lipinski definition) is 2. The van der Waals surface area contributed by atoms with Gasteiger partial charge in [-0.05, 0) is 88.6 Å². The minimum atomic E-state index is 1.10. The Balaban J connectivity index is 1.13. The van der Waals surface area contributed by atoms with Crippen molar-refractivity contribution >= 4 is 81.1 Å². The van der Waals surface area contributed by atoms with Crippen molar-refractivity contribution in [2.75, 3.05) is 4.90 Å². The minimum Gasteiger partial charge on any atom is -0.310 e. The SMILES string of the molecule is c1ccc(-c2ccccc2N(c2ccc(-c3c4ccccc4cc4c3sc3ccccc34)cc2)c2ccc3c(c2)c2ccccc2n3-c2ccccc2)cc1. The van der Waals surface area contributed by atoms with Crippen molar-refractivity contribution in [1.29, 1.82) is 0 Å². The molecule has 0 spiro atoms. The monoisotopic (exact) mass is 718 g/mol. The van der Waals surface area contributed by atoms with Gasteiger partial charge in [-0.3, -0.25) is 0 Å². The van der Waals surface area contributed by atoms with Crippen molar-refractivity contribution in [1.82, 2.24) is 4.57 Å². The zero-order valence-corrected chi connectivity index (χ0v) is 30.7. The predicted molar refractivity (Wildman–Crippen MR) is 237 cm³/mol. The number of anilines is 3. The summed E-state index contributed by atoms with van der Waals surface area (Å²) < 4.78 is 5.03. The van der Waals surface area contributed by atoms with Gasteiger partial charge in [0, 0.05) is 59.1 Å². The van der Waals surface area contributed by atoms with Gasteiger partial charge in [0.25, 0.3) is 0 Å². The fraction of sp³-hybridized carbons (Fsp3) is 0. The van der Waals surface area contributed by atoms with Gasteiger partial charge in [-0.15, -0.1) is 11.3 Å². The normalized spacial score (nSPS) is 11.6. The van der Waals surface area contributed by atoms with Crippen LogP contribution in [0.4, 0.5) is 17.1 Å². The average molecular weight is 719 g/mol. The molecule has 11 rings (SSSR count). The molecule has 11 aromatic rings. The number of hydrogen-bond donors (Lipinski definition) is 0. The van der Waals surface area contributed by atoms with Crippen LogP contribution >= 0.6 is 11.3 Å². The van der Waals surface area contributed by atoms with Crippen LogP contribution in [-0.4, -0.2) is 4.57 Å². The van der Waals surface area contributed by atoms with Gasteiger partial charge in [-0.1, -0.05) is 140 Å². The van der Waals surface area contributed by atoms with Gasteiger partial charge >= 0.3 is 0 Å². The third-order valence-corrected chi connectivity index (χ3v) is 12.2. The van der Waals surface area contributed by atoms with Crippen LogP contribution in [0.25, 0.3) is 80.7 Å². The molecule has 0 amide bonds. The lowest BCUT2D eigenvalue weighted by Gasteiger charge is -2.28. The minimum absolute atomic E-state index is 1.10. The van der Waals surface area contributed by atoms with E-state index in [4.69, 9.17) is 0 Å². The number of fused-ring (bicyclic) bond motifs is 7. The van der Waals surface area contributed by atoms with Crippen LogP contribution in [0, 0.1) is 0 Å². The molecular weight excluding hydrogens is 685 g/mol. The Morgan fingerprint density at radius 3 is 1.87 bits per heavy atom. The van der Waals surface area contributed by atoms with E-state index in [9.17, 15) is 0 Å². The Labute approximate surface area is 323 Å². The molecule has 2 nitrogen and oxygen atoms in total. The summed E-state index contributed by atoms with van der Waals surface area (Å²) in [5.41, 5.74) is 11.8. The molecule has 0 aliphatic heterocycles. The molecule has 0 aliphatic carbocycles. The van der Waals surface area contributed by atoms with E-state index >= 15 is 0 Å². The highest BCUT2D eigenvalue weighted by molar-refractivity contribution is 7.26. The van der Waals surface area contributed by atoms with Crippen LogP contribution in [-0.2, 0) is 0 Å². The van der Waals surface area contributed by atoms with Gasteiger partial charge < -0.3 is 9.47 Å².